The highest BCUT2D eigenvalue weighted by atomic mass is 16.4. The highest BCUT2D eigenvalue weighted by Crippen LogP contribution is 2.29. The van der Waals surface area contributed by atoms with E-state index < -0.39 is 5.97 Å². The Balaban J connectivity index is 1.63. The van der Waals surface area contributed by atoms with E-state index in [-0.39, 0.29) is 0 Å². The van der Waals surface area contributed by atoms with Crippen molar-refractivity contribution in [2.24, 2.45) is 0 Å². The van der Waals surface area contributed by atoms with Crippen LogP contribution in [-0.4, -0.2) is 21.0 Å². The third kappa shape index (κ3) is 2.07. The standard InChI is InChI=1S/C17H12N2O3/c20-17(21)12-3-4-18-15-7-11(6-13(12)15)5-10-1-2-14-16(8-10)22-9-19-14/h1-4,7-9H,5-6H2,(H,20,21). The Bertz CT molecular complexity index is 925. The van der Waals surface area contributed by atoms with Crippen LogP contribution in [0.25, 0.3) is 17.2 Å². The van der Waals surface area contributed by atoms with Crippen molar-refractivity contribution in [3.8, 4) is 0 Å². The molecule has 22 heavy (non-hydrogen) atoms. The molecule has 0 saturated heterocycles. The normalized spacial score (nSPS) is 13.2. The second kappa shape index (κ2) is 4.80. The van der Waals surface area contributed by atoms with Gasteiger partial charge in [0.05, 0.1) is 11.3 Å². The zero-order valence-corrected chi connectivity index (χ0v) is 11.6. The number of oxazole rings is 1. The van der Waals surface area contributed by atoms with Gasteiger partial charge < -0.3 is 9.52 Å². The minimum absolute atomic E-state index is 0.335. The number of carbonyl (C=O) groups is 1. The number of rotatable bonds is 3. The lowest BCUT2D eigenvalue weighted by atomic mass is 10.0. The average molecular weight is 292 g/mol. The Labute approximate surface area is 125 Å². The Morgan fingerprint density at radius 3 is 3.05 bits per heavy atom. The van der Waals surface area contributed by atoms with Gasteiger partial charge in [0.2, 0.25) is 0 Å². The first-order valence-corrected chi connectivity index (χ1v) is 6.93. The molecule has 5 heteroatoms. The summed E-state index contributed by atoms with van der Waals surface area (Å²) in [5.74, 6) is -0.906. The van der Waals surface area contributed by atoms with Crippen LogP contribution in [0.2, 0.25) is 0 Å². The molecule has 1 aliphatic rings. The first-order valence-electron chi connectivity index (χ1n) is 6.93. The summed E-state index contributed by atoms with van der Waals surface area (Å²) in [4.78, 5) is 19.6. The van der Waals surface area contributed by atoms with Gasteiger partial charge in [-0.1, -0.05) is 11.6 Å². The molecule has 0 amide bonds. The van der Waals surface area contributed by atoms with Crippen molar-refractivity contribution in [2.45, 2.75) is 12.8 Å². The largest absolute Gasteiger partial charge is 0.478 e. The summed E-state index contributed by atoms with van der Waals surface area (Å²) >= 11 is 0. The summed E-state index contributed by atoms with van der Waals surface area (Å²) in [6.45, 7) is 0. The topological polar surface area (TPSA) is 76.2 Å². The van der Waals surface area contributed by atoms with Crippen LogP contribution in [0.4, 0.5) is 0 Å². The minimum atomic E-state index is -0.906. The summed E-state index contributed by atoms with van der Waals surface area (Å²) in [5.41, 5.74) is 5.75. The molecule has 0 atom stereocenters. The molecule has 2 heterocycles. The van der Waals surface area contributed by atoms with Crippen LogP contribution in [0.5, 0.6) is 0 Å². The summed E-state index contributed by atoms with van der Waals surface area (Å²) in [5, 5.41) is 9.25. The van der Waals surface area contributed by atoms with Crippen molar-refractivity contribution in [3.63, 3.8) is 0 Å². The molecule has 0 saturated carbocycles. The van der Waals surface area contributed by atoms with Crippen LogP contribution >= 0.6 is 0 Å². The van der Waals surface area contributed by atoms with Gasteiger partial charge in [-0.05, 0) is 48.2 Å². The van der Waals surface area contributed by atoms with E-state index in [4.69, 9.17) is 4.42 Å². The second-order valence-electron chi connectivity index (χ2n) is 5.34. The fourth-order valence-electron chi connectivity index (χ4n) is 2.88. The number of carboxylic acids is 1. The van der Waals surface area contributed by atoms with Crippen molar-refractivity contribution >= 4 is 23.1 Å². The zero-order chi connectivity index (χ0) is 15.1. The molecule has 0 radical (unpaired) electrons. The van der Waals surface area contributed by atoms with Crippen LogP contribution in [0.3, 0.4) is 0 Å². The molecule has 5 nitrogen and oxygen atoms in total. The van der Waals surface area contributed by atoms with Gasteiger partial charge in [-0.25, -0.2) is 9.78 Å². The number of allylic oxidation sites excluding steroid dienone is 1. The maximum Gasteiger partial charge on any atom is 0.336 e. The predicted octanol–water partition coefficient (Wildman–Crippen LogP) is 3.10. The Kier molecular flexibility index (Phi) is 2.79. The van der Waals surface area contributed by atoms with Crippen LogP contribution in [0, 0.1) is 0 Å². The van der Waals surface area contributed by atoms with E-state index in [0.29, 0.717) is 12.0 Å². The number of benzene rings is 1. The maximum atomic E-state index is 11.3. The van der Waals surface area contributed by atoms with E-state index >= 15 is 0 Å². The first-order chi connectivity index (χ1) is 10.7. The lowest BCUT2D eigenvalue weighted by Gasteiger charge is -2.04. The van der Waals surface area contributed by atoms with Gasteiger partial charge in [0, 0.05) is 6.20 Å². The average Bonchev–Trinajstić information content (AvgIpc) is 3.11. The summed E-state index contributed by atoms with van der Waals surface area (Å²) < 4.78 is 5.31. The smallest absolute Gasteiger partial charge is 0.336 e. The third-order valence-electron chi connectivity index (χ3n) is 3.89. The molecule has 108 valence electrons. The first kappa shape index (κ1) is 12.8. The Morgan fingerprint density at radius 1 is 1.27 bits per heavy atom. The minimum Gasteiger partial charge on any atom is -0.478 e. The molecular weight excluding hydrogens is 280 g/mol. The SMILES string of the molecule is O=C(O)c1ccnc2c1CC(Cc1ccc3ncoc3c1)=C2. The molecule has 1 aliphatic carbocycles. The predicted molar refractivity (Wildman–Crippen MR) is 80.6 cm³/mol. The van der Waals surface area contributed by atoms with Gasteiger partial charge >= 0.3 is 5.97 Å². The molecule has 0 unspecified atom stereocenters. The van der Waals surface area contributed by atoms with Crippen molar-refractivity contribution in [3.05, 3.63) is 64.8 Å². The van der Waals surface area contributed by atoms with Crippen molar-refractivity contribution in [1.82, 2.24) is 9.97 Å². The van der Waals surface area contributed by atoms with Gasteiger partial charge in [0.25, 0.3) is 0 Å². The molecule has 0 fully saturated rings. The summed E-state index contributed by atoms with van der Waals surface area (Å²) in [7, 11) is 0. The quantitative estimate of drug-likeness (QED) is 0.802. The summed E-state index contributed by atoms with van der Waals surface area (Å²) in [6, 6.07) is 7.47. The van der Waals surface area contributed by atoms with Gasteiger partial charge in [-0.2, -0.15) is 0 Å². The lowest BCUT2D eigenvalue weighted by Crippen LogP contribution is -2.03. The van der Waals surface area contributed by atoms with Crippen LogP contribution < -0.4 is 0 Å². The number of fused-ring (bicyclic) bond motifs is 2. The fraction of sp³-hybridized carbons (Fsp3) is 0.118. The monoisotopic (exact) mass is 292 g/mol. The van der Waals surface area contributed by atoms with Gasteiger partial charge in [0.1, 0.15) is 5.52 Å². The highest BCUT2D eigenvalue weighted by molar-refractivity contribution is 5.91. The number of hydrogen-bond acceptors (Lipinski definition) is 4. The van der Waals surface area contributed by atoms with Crippen LogP contribution in [-0.2, 0) is 12.8 Å². The van der Waals surface area contributed by atoms with Gasteiger partial charge in [-0.3, -0.25) is 4.98 Å². The number of aromatic carboxylic acids is 1. The van der Waals surface area contributed by atoms with Crippen LogP contribution in [0.15, 0.2) is 46.8 Å². The number of aromatic nitrogens is 2. The molecule has 0 spiro atoms. The molecule has 3 aromatic rings. The summed E-state index contributed by atoms with van der Waals surface area (Å²) in [6.07, 6.45) is 6.32. The van der Waals surface area contributed by atoms with E-state index in [2.05, 4.69) is 9.97 Å². The van der Waals surface area contributed by atoms with E-state index in [1.807, 2.05) is 24.3 Å². The van der Waals surface area contributed by atoms with E-state index in [9.17, 15) is 9.90 Å². The zero-order valence-electron chi connectivity index (χ0n) is 11.6. The molecule has 2 aromatic heterocycles. The van der Waals surface area contributed by atoms with E-state index in [0.717, 1.165) is 39.9 Å². The lowest BCUT2D eigenvalue weighted by molar-refractivity contribution is 0.0695. The molecule has 1 aromatic carbocycles. The Morgan fingerprint density at radius 2 is 2.18 bits per heavy atom. The second-order valence-corrected chi connectivity index (χ2v) is 5.34. The molecular formula is C17H12N2O3. The highest BCUT2D eigenvalue weighted by Gasteiger charge is 2.20. The number of nitrogens with zero attached hydrogens (tertiary/aromatic N) is 2. The van der Waals surface area contributed by atoms with E-state index in [1.165, 1.54) is 6.39 Å². The van der Waals surface area contributed by atoms with E-state index in [1.54, 1.807) is 12.3 Å². The fourth-order valence-corrected chi connectivity index (χ4v) is 2.88. The van der Waals surface area contributed by atoms with Crippen molar-refractivity contribution in [2.75, 3.05) is 0 Å². The molecule has 0 bridgehead atoms. The molecule has 0 aliphatic heterocycles. The van der Waals surface area contributed by atoms with Crippen LogP contribution in [0.1, 0.15) is 27.2 Å². The number of carboxylic acid groups (broad SMARTS) is 1. The molecule has 4 rings (SSSR count). The third-order valence-corrected chi connectivity index (χ3v) is 3.89. The molecule has 1 N–H and O–H groups in total. The van der Waals surface area contributed by atoms with Gasteiger partial charge in [-0.15, -0.1) is 0 Å². The number of hydrogen-bond donors (Lipinski definition) is 1. The van der Waals surface area contributed by atoms with Crippen molar-refractivity contribution in [1.29, 1.82) is 0 Å². The van der Waals surface area contributed by atoms with Crippen molar-refractivity contribution < 1.29 is 14.3 Å². The van der Waals surface area contributed by atoms with Gasteiger partial charge in [0.15, 0.2) is 12.0 Å². The maximum absolute atomic E-state index is 11.3. The number of pyridine rings is 1. The Hall–Kier alpha value is -2.95.